The van der Waals surface area contributed by atoms with E-state index >= 15 is 0 Å². The number of fused-ring (bicyclic) bond motifs is 6. The lowest BCUT2D eigenvalue weighted by atomic mass is 9.99. The van der Waals surface area contributed by atoms with Gasteiger partial charge in [0.25, 0.3) is 0 Å². The van der Waals surface area contributed by atoms with Gasteiger partial charge in [0.15, 0.2) is 12.0 Å². The van der Waals surface area contributed by atoms with Crippen LogP contribution in [0.25, 0.3) is 43.8 Å². The minimum absolute atomic E-state index is 0.198. The van der Waals surface area contributed by atoms with E-state index in [0.29, 0.717) is 0 Å². The van der Waals surface area contributed by atoms with E-state index in [4.69, 9.17) is 9.15 Å². The highest BCUT2D eigenvalue weighted by molar-refractivity contribution is 6.12. The van der Waals surface area contributed by atoms with Gasteiger partial charge in [-0.05, 0) is 77.2 Å². The molecule has 0 amide bonds. The van der Waals surface area contributed by atoms with Gasteiger partial charge in [0.1, 0.15) is 11.2 Å². The molecule has 1 N–H and O–H groups in total. The molecule has 4 nitrogen and oxygen atoms in total. The molecule has 2 heterocycles. The predicted molar refractivity (Wildman–Crippen MR) is 185 cm³/mol. The average Bonchev–Trinajstić information content (AvgIpc) is 3.72. The molecule has 0 radical (unpaired) electrons. The normalized spacial score (nSPS) is 13.9. The van der Waals surface area contributed by atoms with Crippen LogP contribution in [0.1, 0.15) is 11.8 Å². The molecule has 1 aromatic heterocycles. The van der Waals surface area contributed by atoms with Gasteiger partial charge in [0.05, 0.1) is 5.69 Å². The number of nitrogens with one attached hydrogen (secondary N) is 1. The van der Waals surface area contributed by atoms with Gasteiger partial charge in [-0.1, -0.05) is 97.1 Å². The zero-order valence-corrected chi connectivity index (χ0v) is 24.4. The number of furan rings is 1. The second kappa shape index (κ2) is 10.3. The number of anilines is 4. The molecule has 0 saturated heterocycles. The largest absolute Gasteiger partial charge is 0.464 e. The summed E-state index contributed by atoms with van der Waals surface area (Å²) >= 11 is 0. The van der Waals surface area contributed by atoms with E-state index in [-0.39, 0.29) is 6.23 Å². The van der Waals surface area contributed by atoms with Crippen LogP contribution >= 0.6 is 0 Å². The van der Waals surface area contributed by atoms with E-state index in [0.717, 1.165) is 77.9 Å². The van der Waals surface area contributed by atoms with Crippen molar-refractivity contribution in [3.8, 4) is 16.9 Å². The van der Waals surface area contributed by atoms with Crippen LogP contribution in [0.15, 0.2) is 162 Å². The quantitative estimate of drug-likeness (QED) is 0.220. The van der Waals surface area contributed by atoms with Crippen molar-refractivity contribution in [3.05, 3.63) is 163 Å². The number of hydrogen-bond donors (Lipinski definition) is 1. The first-order valence-corrected chi connectivity index (χ1v) is 15.2. The van der Waals surface area contributed by atoms with E-state index in [1.165, 1.54) is 0 Å². The van der Waals surface area contributed by atoms with E-state index in [1.54, 1.807) is 0 Å². The molecule has 9 rings (SSSR count). The number of hydrogen-bond acceptors (Lipinski definition) is 4. The first kappa shape index (κ1) is 25.5. The Kier molecular flexibility index (Phi) is 5.85. The summed E-state index contributed by atoms with van der Waals surface area (Å²) in [6.07, 6.45) is -0.198. The summed E-state index contributed by atoms with van der Waals surface area (Å²) in [7, 11) is 0. The van der Waals surface area contributed by atoms with Crippen LogP contribution in [0.2, 0.25) is 0 Å². The van der Waals surface area contributed by atoms with E-state index in [2.05, 4.69) is 132 Å². The fourth-order valence-corrected chi connectivity index (χ4v) is 6.57. The Hall–Kier alpha value is -6.00. The van der Waals surface area contributed by atoms with Crippen molar-refractivity contribution in [1.82, 2.24) is 0 Å². The van der Waals surface area contributed by atoms with Crippen molar-refractivity contribution in [2.24, 2.45) is 0 Å². The highest BCUT2D eigenvalue weighted by atomic mass is 16.5. The lowest BCUT2D eigenvalue weighted by Crippen LogP contribution is -2.10. The Morgan fingerprint density at radius 3 is 2.09 bits per heavy atom. The van der Waals surface area contributed by atoms with Gasteiger partial charge < -0.3 is 19.4 Å². The summed E-state index contributed by atoms with van der Waals surface area (Å²) in [6, 6.07) is 55.0. The highest BCUT2D eigenvalue weighted by Gasteiger charge is 2.25. The van der Waals surface area contributed by atoms with Crippen LogP contribution in [0.4, 0.5) is 22.7 Å². The summed E-state index contributed by atoms with van der Waals surface area (Å²) in [5.41, 5.74) is 9.50. The molecule has 8 aromatic rings. The third-order valence-electron chi connectivity index (χ3n) is 8.69. The molecule has 1 aliphatic rings. The number of benzene rings is 7. The number of ether oxygens (including phenoxy) is 1. The van der Waals surface area contributed by atoms with Crippen LogP contribution in [0.5, 0.6) is 5.75 Å². The van der Waals surface area contributed by atoms with Gasteiger partial charge in [-0.15, -0.1) is 0 Å². The Morgan fingerprint density at radius 2 is 1.24 bits per heavy atom. The third kappa shape index (κ3) is 4.30. The molecule has 0 saturated carbocycles. The van der Waals surface area contributed by atoms with Crippen LogP contribution in [-0.2, 0) is 0 Å². The van der Waals surface area contributed by atoms with Gasteiger partial charge in [-0.2, -0.15) is 0 Å². The maximum absolute atomic E-state index is 6.45. The van der Waals surface area contributed by atoms with Crippen molar-refractivity contribution in [3.63, 3.8) is 0 Å². The molecular formula is C41H28N2O2. The van der Waals surface area contributed by atoms with Crippen LogP contribution in [-0.4, -0.2) is 0 Å². The van der Waals surface area contributed by atoms with Crippen molar-refractivity contribution < 1.29 is 9.15 Å². The minimum Gasteiger partial charge on any atom is -0.464 e. The molecule has 0 aliphatic carbocycles. The summed E-state index contributed by atoms with van der Waals surface area (Å²) < 4.78 is 12.6. The minimum atomic E-state index is -0.198. The monoisotopic (exact) mass is 580 g/mol. The van der Waals surface area contributed by atoms with Crippen LogP contribution < -0.4 is 15.0 Å². The topological polar surface area (TPSA) is 37.6 Å². The van der Waals surface area contributed by atoms with Crippen molar-refractivity contribution >= 4 is 55.5 Å². The maximum atomic E-state index is 6.45. The fourth-order valence-electron chi connectivity index (χ4n) is 6.57. The average molecular weight is 581 g/mol. The zero-order chi connectivity index (χ0) is 29.7. The molecule has 4 heteroatoms. The van der Waals surface area contributed by atoms with Crippen LogP contribution in [0, 0.1) is 0 Å². The first-order valence-electron chi connectivity index (χ1n) is 15.2. The highest BCUT2D eigenvalue weighted by Crippen LogP contribution is 2.45. The van der Waals surface area contributed by atoms with E-state index in [1.807, 2.05) is 36.4 Å². The number of nitrogens with zero attached hydrogens (tertiary/aromatic N) is 1. The second-order valence-corrected chi connectivity index (χ2v) is 11.4. The standard InChI is InChI=1S/C41H28N2O2/c1-3-10-28(11-4-1)41-42-36-25-20-29-26-32(23-24-34(29)40(36)45-41)43(30-12-5-2-6-13-30)31-21-18-27(19-22-31)33-15-9-17-38-39(33)35-14-7-8-16-37(35)44-38/h1-26,41-42H. The molecular weight excluding hydrogens is 552 g/mol. The predicted octanol–water partition coefficient (Wildman–Crippen LogP) is 11.4. The van der Waals surface area contributed by atoms with E-state index < -0.39 is 0 Å². The molecule has 1 atom stereocenters. The summed E-state index contributed by atoms with van der Waals surface area (Å²) in [6.45, 7) is 0. The zero-order valence-electron chi connectivity index (χ0n) is 24.4. The maximum Gasteiger partial charge on any atom is 0.196 e. The molecule has 0 bridgehead atoms. The molecule has 214 valence electrons. The molecule has 1 aliphatic heterocycles. The van der Waals surface area contributed by atoms with Crippen molar-refractivity contribution in [2.45, 2.75) is 6.23 Å². The van der Waals surface area contributed by atoms with Gasteiger partial charge in [-0.25, -0.2) is 0 Å². The van der Waals surface area contributed by atoms with E-state index in [9.17, 15) is 0 Å². The Balaban J connectivity index is 1.11. The first-order chi connectivity index (χ1) is 22.3. The molecule has 0 fully saturated rings. The van der Waals surface area contributed by atoms with Crippen molar-refractivity contribution in [2.75, 3.05) is 10.2 Å². The van der Waals surface area contributed by atoms with Gasteiger partial charge >= 0.3 is 0 Å². The smallest absolute Gasteiger partial charge is 0.196 e. The lowest BCUT2D eigenvalue weighted by Gasteiger charge is -2.26. The van der Waals surface area contributed by atoms with Gasteiger partial charge in [-0.3, -0.25) is 0 Å². The summed E-state index contributed by atoms with van der Waals surface area (Å²) in [5.74, 6) is 0.893. The third-order valence-corrected chi connectivity index (χ3v) is 8.69. The Labute approximate surface area is 260 Å². The van der Waals surface area contributed by atoms with Crippen molar-refractivity contribution in [1.29, 1.82) is 0 Å². The summed E-state index contributed by atoms with van der Waals surface area (Å²) in [4.78, 5) is 2.30. The second-order valence-electron chi connectivity index (χ2n) is 11.4. The molecule has 0 spiro atoms. The fraction of sp³-hybridized carbons (Fsp3) is 0.0244. The van der Waals surface area contributed by atoms with Gasteiger partial charge in [0.2, 0.25) is 0 Å². The molecule has 7 aromatic carbocycles. The summed E-state index contributed by atoms with van der Waals surface area (Å²) in [5, 5.41) is 8.02. The van der Waals surface area contributed by atoms with Gasteiger partial charge in [0, 0.05) is 38.8 Å². The Morgan fingerprint density at radius 1 is 0.533 bits per heavy atom. The Bertz CT molecular complexity index is 2330. The molecule has 1 unspecified atom stereocenters. The lowest BCUT2D eigenvalue weighted by molar-refractivity contribution is 0.262. The number of rotatable bonds is 5. The molecule has 45 heavy (non-hydrogen) atoms. The number of para-hydroxylation sites is 2. The SMILES string of the molecule is c1ccc(C2Nc3ccc4cc(N(c5ccccc5)c5ccc(-c6cccc7oc8ccccc8c67)cc5)ccc4c3O2)cc1. The van der Waals surface area contributed by atoms with Crippen LogP contribution in [0.3, 0.4) is 0 Å².